The summed E-state index contributed by atoms with van der Waals surface area (Å²) >= 11 is 0. The van der Waals surface area contributed by atoms with Gasteiger partial charge in [-0.3, -0.25) is 14.4 Å². The number of ether oxygens (including phenoxy) is 4. The van der Waals surface area contributed by atoms with Gasteiger partial charge in [0.15, 0.2) is 11.9 Å². The molecule has 6 atom stereocenters. The highest BCUT2D eigenvalue weighted by Crippen LogP contribution is 2.31. The van der Waals surface area contributed by atoms with E-state index < -0.39 is 53.9 Å². The maximum absolute atomic E-state index is 13.5. The molecule has 226 valence electrons. The lowest BCUT2D eigenvalue weighted by Gasteiger charge is -2.30. The second-order valence-corrected chi connectivity index (χ2v) is 10.5. The van der Waals surface area contributed by atoms with Gasteiger partial charge in [0.25, 0.3) is 5.91 Å². The predicted molar refractivity (Wildman–Crippen MR) is 151 cm³/mol. The fraction of sp³-hybridized carbons (Fsp3) is 0.533. The first-order valence-electron chi connectivity index (χ1n) is 13.4. The third-order valence-electron chi connectivity index (χ3n) is 7.34. The van der Waals surface area contributed by atoms with Crippen LogP contribution < -0.4 is 11.1 Å². The minimum Gasteiger partial charge on any atom is -0.492 e. The quantitative estimate of drug-likeness (QED) is 0.338. The number of Topliss-reactive ketones (excluding diaryl/α,β-unsaturated/α-hetero) is 2. The van der Waals surface area contributed by atoms with Crippen molar-refractivity contribution in [2.45, 2.75) is 71.9 Å². The molecule has 1 aliphatic heterocycles. The molecule has 0 saturated heterocycles. The maximum atomic E-state index is 13.5. The molecular weight excluding hydrogens is 532 g/mol. The molecule has 0 aromatic carbocycles. The van der Waals surface area contributed by atoms with Gasteiger partial charge in [0.2, 0.25) is 11.6 Å². The fourth-order valence-electron chi connectivity index (χ4n) is 4.99. The first-order chi connectivity index (χ1) is 19.3. The summed E-state index contributed by atoms with van der Waals surface area (Å²) in [6.45, 7) is 8.40. The molecular formula is C30H42N2O9. The van der Waals surface area contributed by atoms with Crippen molar-refractivity contribution in [3.8, 4) is 0 Å². The Bertz CT molecular complexity index is 1190. The van der Waals surface area contributed by atoms with Crippen molar-refractivity contribution in [2.24, 2.45) is 17.6 Å². The van der Waals surface area contributed by atoms with Gasteiger partial charge in [0.05, 0.1) is 25.0 Å². The Balaban J connectivity index is 2.65. The van der Waals surface area contributed by atoms with Crippen molar-refractivity contribution >= 4 is 23.6 Å². The van der Waals surface area contributed by atoms with Gasteiger partial charge in [-0.05, 0) is 45.1 Å². The summed E-state index contributed by atoms with van der Waals surface area (Å²) in [6, 6.07) is 0. The second-order valence-electron chi connectivity index (χ2n) is 10.5. The number of fused-ring (bicyclic) bond motifs is 2. The molecule has 2 amide bonds. The van der Waals surface area contributed by atoms with Crippen LogP contribution in [0.1, 0.15) is 47.5 Å². The Morgan fingerprint density at radius 1 is 1.05 bits per heavy atom. The topological polar surface area (TPSA) is 163 Å². The van der Waals surface area contributed by atoms with Gasteiger partial charge in [-0.15, -0.1) is 0 Å². The van der Waals surface area contributed by atoms with Gasteiger partial charge < -0.3 is 35.1 Å². The molecule has 0 saturated carbocycles. The molecule has 1 aliphatic carbocycles. The van der Waals surface area contributed by atoms with Crippen molar-refractivity contribution in [1.82, 2.24) is 5.32 Å². The first-order valence-corrected chi connectivity index (χ1v) is 13.4. The summed E-state index contributed by atoms with van der Waals surface area (Å²) in [4.78, 5) is 51.4. The summed E-state index contributed by atoms with van der Waals surface area (Å²) in [7, 11) is 4.23. The van der Waals surface area contributed by atoms with Crippen molar-refractivity contribution in [2.75, 3.05) is 21.3 Å². The van der Waals surface area contributed by atoms with E-state index in [1.165, 1.54) is 34.3 Å². The van der Waals surface area contributed by atoms with Crippen LogP contribution in [0, 0.1) is 11.8 Å². The van der Waals surface area contributed by atoms with Gasteiger partial charge in [-0.2, -0.15) is 0 Å². The number of carbonyl (C=O) groups excluding carboxylic acids is 4. The van der Waals surface area contributed by atoms with Crippen molar-refractivity contribution in [3.63, 3.8) is 0 Å². The van der Waals surface area contributed by atoms with Crippen LogP contribution in [0.4, 0.5) is 4.79 Å². The molecule has 11 heteroatoms. The number of aliphatic hydroxyl groups excluding tert-OH is 1. The molecule has 2 rings (SSSR count). The maximum Gasteiger partial charge on any atom is 0.405 e. The zero-order valence-electron chi connectivity index (χ0n) is 25.0. The van der Waals surface area contributed by atoms with Crippen LogP contribution in [-0.2, 0) is 33.3 Å². The predicted octanol–water partition coefficient (Wildman–Crippen LogP) is 2.80. The molecule has 2 bridgehead atoms. The van der Waals surface area contributed by atoms with Crippen LogP contribution in [0.5, 0.6) is 0 Å². The molecule has 4 N–H and O–H groups in total. The van der Waals surface area contributed by atoms with E-state index in [-0.39, 0.29) is 40.5 Å². The highest BCUT2D eigenvalue weighted by atomic mass is 16.6. The van der Waals surface area contributed by atoms with Crippen LogP contribution in [0.25, 0.3) is 0 Å². The molecule has 1 heterocycles. The van der Waals surface area contributed by atoms with Crippen molar-refractivity contribution in [3.05, 3.63) is 58.1 Å². The first kappa shape index (κ1) is 33.7. The summed E-state index contributed by atoms with van der Waals surface area (Å²) in [5.74, 6) is -2.31. The zero-order valence-corrected chi connectivity index (χ0v) is 25.0. The zero-order chi connectivity index (χ0) is 31.0. The Hall–Kier alpha value is -3.54. The van der Waals surface area contributed by atoms with Crippen LogP contribution in [0.15, 0.2) is 58.1 Å². The smallest absolute Gasteiger partial charge is 0.405 e. The molecule has 0 radical (unpaired) electrons. The molecule has 41 heavy (non-hydrogen) atoms. The molecule has 11 nitrogen and oxygen atoms in total. The normalized spacial score (nSPS) is 32.5. The molecule has 0 unspecified atom stereocenters. The van der Waals surface area contributed by atoms with E-state index in [1.54, 1.807) is 39.0 Å². The Labute approximate surface area is 241 Å². The number of nitrogens with one attached hydrogen (secondary N) is 1. The highest BCUT2D eigenvalue weighted by molar-refractivity contribution is 6.25. The lowest BCUT2D eigenvalue weighted by atomic mass is 9.84. The highest BCUT2D eigenvalue weighted by Gasteiger charge is 2.36. The Morgan fingerprint density at radius 2 is 1.71 bits per heavy atom. The molecule has 0 aromatic heterocycles. The summed E-state index contributed by atoms with van der Waals surface area (Å²) < 4.78 is 21.9. The van der Waals surface area contributed by atoms with Crippen molar-refractivity contribution < 1.29 is 43.2 Å². The minimum absolute atomic E-state index is 0.0639. The lowest BCUT2D eigenvalue weighted by molar-refractivity contribution is -0.121. The van der Waals surface area contributed by atoms with Crippen molar-refractivity contribution in [1.29, 1.82) is 0 Å². The largest absolute Gasteiger partial charge is 0.492 e. The number of rotatable bonds is 4. The number of methoxy groups -OCH3 is 3. The summed E-state index contributed by atoms with van der Waals surface area (Å²) in [6.07, 6.45) is 2.58. The number of hydrogen-bond donors (Lipinski definition) is 3. The summed E-state index contributed by atoms with van der Waals surface area (Å²) in [5, 5.41) is 13.8. The molecule has 0 aromatic rings. The Kier molecular flexibility index (Phi) is 12.2. The Morgan fingerprint density at radius 3 is 2.27 bits per heavy atom. The van der Waals surface area contributed by atoms with Crippen LogP contribution in [0.2, 0.25) is 0 Å². The average molecular weight is 575 g/mol. The third-order valence-corrected chi connectivity index (χ3v) is 7.34. The van der Waals surface area contributed by atoms with E-state index in [0.717, 1.165) is 0 Å². The van der Waals surface area contributed by atoms with Gasteiger partial charge in [0.1, 0.15) is 6.10 Å². The number of primary amides is 1. The number of allylic oxidation sites excluding steroid dienone is 4. The van der Waals surface area contributed by atoms with E-state index >= 15 is 0 Å². The van der Waals surface area contributed by atoms with Gasteiger partial charge in [-0.1, -0.05) is 38.2 Å². The minimum atomic E-state index is -1.00. The monoisotopic (exact) mass is 574 g/mol. The van der Waals surface area contributed by atoms with Gasteiger partial charge >= 0.3 is 6.09 Å². The van der Waals surface area contributed by atoms with E-state index in [0.29, 0.717) is 12.0 Å². The number of aliphatic hydroxyl groups is 1. The molecule has 2 aliphatic rings. The number of carbonyl (C=O) groups is 4. The van der Waals surface area contributed by atoms with Crippen LogP contribution >= 0.6 is 0 Å². The van der Waals surface area contributed by atoms with E-state index in [1.807, 2.05) is 6.92 Å². The van der Waals surface area contributed by atoms with Gasteiger partial charge in [-0.25, -0.2) is 4.79 Å². The van der Waals surface area contributed by atoms with Crippen LogP contribution in [-0.4, -0.2) is 74.4 Å². The fourth-order valence-corrected chi connectivity index (χ4v) is 4.99. The second kappa shape index (κ2) is 14.9. The molecule has 0 fully saturated rings. The van der Waals surface area contributed by atoms with E-state index in [2.05, 4.69) is 5.32 Å². The van der Waals surface area contributed by atoms with E-state index in [9.17, 15) is 24.3 Å². The number of ketones is 2. The van der Waals surface area contributed by atoms with Gasteiger partial charge in [0, 0.05) is 36.9 Å². The van der Waals surface area contributed by atoms with E-state index in [4.69, 9.17) is 24.7 Å². The number of nitrogens with two attached hydrogens (primary N) is 1. The molecule has 0 spiro atoms. The standard InChI is InChI=1S/C30H42N2O9/c1-15-12-20-26(35)23(19(5)25(34)28(20)40-8)32-29(36)16(2)10-9-11-21(38-6)27(41-30(31)37)18(4)14-17(3)24(33)22(13-15)39-7/h9-11,14-15,17,21-22,24,27,33H,12-13H2,1-8H3,(H2,31,37)(H,32,36)/b11-9-,16-10+,18-14+/t15-,17+,21+,22+,24-,27+/m1/s1. The average Bonchev–Trinajstić information content (AvgIpc) is 2.92. The SMILES string of the molecule is COC1=C2C[C@@H](C)C[C@H](OC)[C@H](O)[C@@H](C)/C=C(\C)[C@H](OC(N)=O)[C@@H](OC)/C=C\C=C(/C)C(=O)NC(=C(C)C1=O)C2=O. The summed E-state index contributed by atoms with van der Waals surface area (Å²) in [5.41, 5.74) is 6.26. The third kappa shape index (κ3) is 8.25. The van der Waals surface area contributed by atoms with Crippen LogP contribution in [0.3, 0.4) is 0 Å². The number of hydrogen-bond acceptors (Lipinski definition) is 9. The lowest BCUT2D eigenvalue weighted by Crippen LogP contribution is -2.37. The number of amides is 2.